The number of rotatable bonds is 6. The Bertz CT molecular complexity index is 772. The van der Waals surface area contributed by atoms with Gasteiger partial charge in [0.1, 0.15) is 24.5 Å². The van der Waals surface area contributed by atoms with Gasteiger partial charge in [0.25, 0.3) is 6.43 Å². The number of sulfonamides is 1. The second-order valence-corrected chi connectivity index (χ2v) is 7.02. The molecule has 0 amide bonds. The van der Waals surface area contributed by atoms with Crippen LogP contribution in [0.3, 0.4) is 0 Å². The Morgan fingerprint density at radius 2 is 2.00 bits per heavy atom. The normalized spacial score (nSPS) is 12.3. The molecule has 23 heavy (non-hydrogen) atoms. The zero-order chi connectivity index (χ0) is 17.2. The molecule has 0 unspecified atom stereocenters. The summed E-state index contributed by atoms with van der Waals surface area (Å²) in [5.74, 6) is -0.595. The number of hydrogen-bond donors (Lipinski definition) is 0. The first-order chi connectivity index (χ1) is 10.7. The largest absolute Gasteiger partial charge is 0.257 e. The summed E-state index contributed by atoms with van der Waals surface area (Å²) in [5.41, 5.74) is 0.456. The molecule has 1 aromatic carbocycles. The van der Waals surface area contributed by atoms with Crippen molar-refractivity contribution in [3.63, 3.8) is 0 Å². The molecular weight excluding hydrogens is 333 g/mol. The standard InChI is InChI=1S/C13H15F3N4O2S/c1-9-3-10(14)5-11(4-9)23(21,22)19(2)7-13-17-8-18-20(13)6-12(15)16/h3-5,8,12H,6-7H2,1-2H3. The van der Waals surface area contributed by atoms with Crippen LogP contribution in [0.1, 0.15) is 11.4 Å². The van der Waals surface area contributed by atoms with Gasteiger partial charge in [-0.2, -0.15) is 9.40 Å². The maximum Gasteiger partial charge on any atom is 0.257 e. The lowest BCUT2D eigenvalue weighted by atomic mass is 10.2. The van der Waals surface area contributed by atoms with E-state index in [0.29, 0.717) is 5.56 Å². The highest BCUT2D eigenvalue weighted by atomic mass is 32.2. The van der Waals surface area contributed by atoms with Gasteiger partial charge in [0.2, 0.25) is 10.0 Å². The second-order valence-electron chi connectivity index (χ2n) is 4.97. The van der Waals surface area contributed by atoms with Gasteiger partial charge >= 0.3 is 0 Å². The van der Waals surface area contributed by atoms with E-state index in [2.05, 4.69) is 10.1 Å². The van der Waals surface area contributed by atoms with Crippen molar-refractivity contribution in [1.82, 2.24) is 19.1 Å². The third kappa shape index (κ3) is 4.08. The van der Waals surface area contributed by atoms with Crippen LogP contribution in [0.25, 0.3) is 0 Å². The van der Waals surface area contributed by atoms with Gasteiger partial charge in [-0.15, -0.1) is 0 Å². The first-order valence-electron chi connectivity index (χ1n) is 6.58. The highest BCUT2D eigenvalue weighted by Crippen LogP contribution is 2.19. The Hall–Kier alpha value is -1.94. The van der Waals surface area contributed by atoms with E-state index in [9.17, 15) is 21.6 Å². The van der Waals surface area contributed by atoms with Crippen molar-refractivity contribution in [2.45, 2.75) is 31.3 Å². The van der Waals surface area contributed by atoms with Crippen molar-refractivity contribution in [1.29, 1.82) is 0 Å². The third-order valence-electron chi connectivity index (χ3n) is 3.09. The Balaban J connectivity index is 2.26. The maximum atomic E-state index is 13.4. The molecule has 1 aromatic heterocycles. The summed E-state index contributed by atoms with van der Waals surface area (Å²) in [6.45, 7) is 0.633. The van der Waals surface area contributed by atoms with E-state index in [-0.39, 0.29) is 17.3 Å². The summed E-state index contributed by atoms with van der Waals surface area (Å²) in [6.07, 6.45) is -1.56. The van der Waals surface area contributed by atoms with E-state index in [0.717, 1.165) is 21.4 Å². The van der Waals surface area contributed by atoms with Crippen LogP contribution in [0.5, 0.6) is 0 Å². The number of alkyl halides is 2. The topological polar surface area (TPSA) is 68.1 Å². The number of halogens is 3. The van der Waals surface area contributed by atoms with Crippen LogP contribution in [0.15, 0.2) is 29.4 Å². The van der Waals surface area contributed by atoms with Crippen LogP contribution in [-0.2, 0) is 23.1 Å². The Kier molecular flexibility index (Phi) is 5.05. The van der Waals surface area contributed by atoms with E-state index in [1.165, 1.54) is 19.2 Å². The zero-order valence-corrected chi connectivity index (χ0v) is 13.3. The quantitative estimate of drug-likeness (QED) is 0.798. The molecule has 0 atom stereocenters. The fraction of sp³-hybridized carbons (Fsp3) is 0.385. The van der Waals surface area contributed by atoms with Gasteiger partial charge in [0.15, 0.2) is 0 Å². The van der Waals surface area contributed by atoms with Crippen LogP contribution in [-0.4, -0.2) is 41.0 Å². The summed E-state index contributed by atoms with van der Waals surface area (Å²) >= 11 is 0. The van der Waals surface area contributed by atoms with Crippen molar-refractivity contribution < 1.29 is 21.6 Å². The van der Waals surface area contributed by atoms with Crippen LogP contribution in [0.4, 0.5) is 13.2 Å². The number of benzene rings is 1. The molecule has 0 aliphatic carbocycles. The van der Waals surface area contributed by atoms with E-state index in [1.54, 1.807) is 6.92 Å². The molecule has 0 saturated heterocycles. The summed E-state index contributed by atoms with van der Waals surface area (Å²) in [5, 5.41) is 3.64. The molecule has 126 valence electrons. The summed E-state index contributed by atoms with van der Waals surface area (Å²) < 4.78 is 65.0. The summed E-state index contributed by atoms with van der Waals surface area (Å²) in [7, 11) is -2.72. The number of nitrogens with zero attached hydrogens (tertiary/aromatic N) is 4. The summed E-state index contributed by atoms with van der Waals surface area (Å²) in [4.78, 5) is 3.58. The highest BCUT2D eigenvalue weighted by Gasteiger charge is 2.24. The van der Waals surface area contributed by atoms with Crippen molar-refractivity contribution in [2.75, 3.05) is 7.05 Å². The minimum atomic E-state index is -3.98. The smallest absolute Gasteiger partial charge is 0.243 e. The lowest BCUT2D eigenvalue weighted by molar-refractivity contribution is 0.119. The summed E-state index contributed by atoms with van der Waals surface area (Å²) in [6, 6.07) is 3.44. The van der Waals surface area contributed by atoms with E-state index < -0.39 is 28.8 Å². The van der Waals surface area contributed by atoms with E-state index >= 15 is 0 Å². The van der Waals surface area contributed by atoms with E-state index in [1.807, 2.05) is 0 Å². The molecule has 0 aliphatic heterocycles. The van der Waals surface area contributed by atoms with Gasteiger partial charge in [-0.05, 0) is 30.7 Å². The molecule has 0 radical (unpaired) electrons. The zero-order valence-electron chi connectivity index (χ0n) is 12.4. The van der Waals surface area contributed by atoms with Crippen molar-refractivity contribution >= 4 is 10.0 Å². The molecule has 2 rings (SSSR count). The Morgan fingerprint density at radius 3 is 2.61 bits per heavy atom. The number of aromatic nitrogens is 3. The lowest BCUT2D eigenvalue weighted by Gasteiger charge is -2.17. The van der Waals surface area contributed by atoms with Crippen molar-refractivity contribution in [3.05, 3.63) is 41.7 Å². The molecule has 0 N–H and O–H groups in total. The van der Waals surface area contributed by atoms with Gasteiger partial charge in [-0.3, -0.25) is 0 Å². The predicted octanol–water partition coefficient (Wildman–Crippen LogP) is 1.81. The van der Waals surface area contributed by atoms with Gasteiger partial charge in [0.05, 0.1) is 11.4 Å². The Morgan fingerprint density at radius 1 is 1.30 bits per heavy atom. The highest BCUT2D eigenvalue weighted by molar-refractivity contribution is 7.89. The van der Waals surface area contributed by atoms with E-state index in [4.69, 9.17) is 0 Å². The van der Waals surface area contributed by atoms with Crippen LogP contribution in [0, 0.1) is 12.7 Å². The molecule has 0 saturated carbocycles. The molecule has 0 fully saturated rings. The van der Waals surface area contributed by atoms with Crippen molar-refractivity contribution in [3.8, 4) is 0 Å². The monoisotopic (exact) mass is 348 g/mol. The molecular formula is C13H15F3N4O2S. The van der Waals surface area contributed by atoms with Gasteiger partial charge < -0.3 is 0 Å². The first kappa shape index (κ1) is 17.4. The molecule has 0 bridgehead atoms. The SMILES string of the molecule is Cc1cc(F)cc(S(=O)(=O)N(C)Cc2ncnn2CC(F)F)c1. The molecule has 1 heterocycles. The van der Waals surface area contributed by atoms with Gasteiger partial charge in [-0.25, -0.2) is 31.3 Å². The maximum absolute atomic E-state index is 13.4. The van der Waals surface area contributed by atoms with Crippen LogP contribution in [0.2, 0.25) is 0 Å². The van der Waals surface area contributed by atoms with Crippen molar-refractivity contribution in [2.24, 2.45) is 0 Å². The fourth-order valence-electron chi connectivity index (χ4n) is 2.01. The second kappa shape index (κ2) is 6.67. The van der Waals surface area contributed by atoms with Gasteiger partial charge in [-0.1, -0.05) is 0 Å². The molecule has 10 heteroatoms. The predicted molar refractivity (Wildman–Crippen MR) is 75.8 cm³/mol. The molecule has 0 spiro atoms. The van der Waals surface area contributed by atoms with Crippen LogP contribution >= 0.6 is 0 Å². The average Bonchev–Trinajstić information content (AvgIpc) is 2.84. The third-order valence-corrected chi connectivity index (χ3v) is 4.88. The minimum Gasteiger partial charge on any atom is -0.243 e. The van der Waals surface area contributed by atoms with Gasteiger partial charge in [0, 0.05) is 7.05 Å². The van der Waals surface area contributed by atoms with Crippen LogP contribution < -0.4 is 0 Å². The minimum absolute atomic E-state index is 0.0736. The molecule has 6 nitrogen and oxygen atoms in total. The number of hydrogen-bond acceptors (Lipinski definition) is 4. The lowest BCUT2D eigenvalue weighted by Crippen LogP contribution is -2.28. The Labute approximate surface area is 131 Å². The molecule has 2 aromatic rings. The average molecular weight is 348 g/mol. The molecule has 0 aliphatic rings. The fourth-order valence-corrected chi connectivity index (χ4v) is 3.25. The first-order valence-corrected chi connectivity index (χ1v) is 8.02. The number of aryl methyl sites for hydroxylation is 1.